The van der Waals surface area contributed by atoms with Crippen molar-refractivity contribution < 1.29 is 4.74 Å². The Hall–Kier alpha value is -1.24. The van der Waals surface area contributed by atoms with Crippen LogP contribution in [0.25, 0.3) is 0 Å². The molecule has 0 unspecified atom stereocenters. The zero-order valence-corrected chi connectivity index (χ0v) is 11.3. The Bertz CT molecular complexity index is 353. The highest BCUT2D eigenvalue weighted by Crippen LogP contribution is 2.28. The highest BCUT2D eigenvalue weighted by Gasteiger charge is 2.08. The van der Waals surface area contributed by atoms with Crippen LogP contribution in [0.2, 0.25) is 0 Å². The van der Waals surface area contributed by atoms with Crippen molar-refractivity contribution in [3.63, 3.8) is 0 Å². The van der Waals surface area contributed by atoms with Gasteiger partial charge in [0, 0.05) is 0 Å². The van der Waals surface area contributed by atoms with Crippen molar-refractivity contribution in [3.05, 3.63) is 42.0 Å². The second-order valence-electron chi connectivity index (χ2n) is 4.70. The van der Waals surface area contributed by atoms with E-state index in [9.17, 15) is 0 Å². The van der Waals surface area contributed by atoms with Crippen LogP contribution in [0.1, 0.15) is 50.7 Å². The van der Waals surface area contributed by atoms with Crippen LogP contribution in [0.3, 0.4) is 0 Å². The molecule has 0 saturated carbocycles. The van der Waals surface area contributed by atoms with Crippen LogP contribution in [-0.2, 0) is 6.42 Å². The van der Waals surface area contributed by atoms with Crippen molar-refractivity contribution in [3.8, 4) is 5.75 Å². The Morgan fingerprint density at radius 3 is 2.71 bits per heavy atom. The largest absolute Gasteiger partial charge is 0.493 e. The van der Waals surface area contributed by atoms with E-state index in [4.69, 9.17) is 4.74 Å². The lowest BCUT2D eigenvalue weighted by Crippen LogP contribution is -2.01. The van der Waals surface area contributed by atoms with Crippen molar-refractivity contribution in [1.29, 1.82) is 0 Å². The number of aryl methyl sites for hydroxylation is 1. The standard InChI is InChI=1S/C16H24O/c1-5-7-8-14-9-10-16(17-11-6-2)15(12-14)13(3)4/h5,9-10,12-13H,1,6-8,11H2,2-4H3. The number of allylic oxidation sites excluding steroid dienone is 1. The van der Waals surface area contributed by atoms with Gasteiger partial charge < -0.3 is 4.74 Å². The average Bonchev–Trinajstić information content (AvgIpc) is 2.34. The minimum Gasteiger partial charge on any atom is -0.493 e. The van der Waals surface area contributed by atoms with Crippen LogP contribution in [0.4, 0.5) is 0 Å². The molecule has 0 heterocycles. The summed E-state index contributed by atoms with van der Waals surface area (Å²) >= 11 is 0. The predicted octanol–water partition coefficient (Wildman–Crippen LogP) is 4.72. The molecule has 0 fully saturated rings. The molecule has 0 radical (unpaired) electrons. The lowest BCUT2D eigenvalue weighted by Gasteiger charge is -2.15. The molecule has 0 bridgehead atoms. The van der Waals surface area contributed by atoms with E-state index < -0.39 is 0 Å². The van der Waals surface area contributed by atoms with E-state index in [-0.39, 0.29) is 0 Å². The molecule has 0 aliphatic heterocycles. The Morgan fingerprint density at radius 2 is 2.12 bits per heavy atom. The van der Waals surface area contributed by atoms with Gasteiger partial charge in [-0.1, -0.05) is 39.0 Å². The zero-order valence-electron chi connectivity index (χ0n) is 11.3. The van der Waals surface area contributed by atoms with Gasteiger partial charge in [-0.2, -0.15) is 0 Å². The molecular formula is C16H24O. The normalized spacial score (nSPS) is 10.6. The first kappa shape index (κ1) is 13.8. The molecular weight excluding hydrogens is 208 g/mol. The van der Waals surface area contributed by atoms with Crippen molar-refractivity contribution >= 4 is 0 Å². The molecule has 0 N–H and O–H groups in total. The Morgan fingerprint density at radius 1 is 1.35 bits per heavy atom. The Balaban J connectivity index is 2.87. The average molecular weight is 232 g/mol. The molecule has 0 saturated heterocycles. The maximum atomic E-state index is 5.79. The third-order valence-electron chi connectivity index (χ3n) is 2.80. The minimum absolute atomic E-state index is 0.505. The summed E-state index contributed by atoms with van der Waals surface area (Å²) in [7, 11) is 0. The first-order valence-corrected chi connectivity index (χ1v) is 6.55. The fraction of sp³-hybridized carbons (Fsp3) is 0.500. The van der Waals surface area contributed by atoms with E-state index in [0.717, 1.165) is 31.6 Å². The van der Waals surface area contributed by atoms with E-state index in [1.807, 2.05) is 6.08 Å². The fourth-order valence-electron chi connectivity index (χ4n) is 1.82. The van der Waals surface area contributed by atoms with Crippen molar-refractivity contribution in [2.45, 2.75) is 46.0 Å². The smallest absolute Gasteiger partial charge is 0.122 e. The van der Waals surface area contributed by atoms with Gasteiger partial charge in [0.15, 0.2) is 0 Å². The molecule has 1 rings (SSSR count). The molecule has 0 aromatic heterocycles. The van der Waals surface area contributed by atoms with Gasteiger partial charge in [0.05, 0.1) is 6.61 Å². The molecule has 1 aromatic carbocycles. The van der Waals surface area contributed by atoms with Crippen LogP contribution in [-0.4, -0.2) is 6.61 Å². The number of hydrogen-bond acceptors (Lipinski definition) is 1. The van der Waals surface area contributed by atoms with Gasteiger partial charge in [0.2, 0.25) is 0 Å². The second-order valence-corrected chi connectivity index (χ2v) is 4.70. The first-order chi connectivity index (χ1) is 8.19. The van der Waals surface area contributed by atoms with E-state index >= 15 is 0 Å². The fourth-order valence-corrected chi connectivity index (χ4v) is 1.82. The lowest BCUT2D eigenvalue weighted by atomic mass is 9.98. The van der Waals surface area contributed by atoms with Gasteiger partial charge >= 0.3 is 0 Å². The summed E-state index contributed by atoms with van der Waals surface area (Å²) < 4.78 is 5.79. The Labute approximate surface area is 106 Å². The van der Waals surface area contributed by atoms with Gasteiger partial charge in [0.1, 0.15) is 5.75 Å². The van der Waals surface area contributed by atoms with Crippen LogP contribution in [0, 0.1) is 0 Å². The third-order valence-corrected chi connectivity index (χ3v) is 2.80. The van der Waals surface area contributed by atoms with Gasteiger partial charge in [-0.25, -0.2) is 0 Å². The van der Waals surface area contributed by atoms with E-state index in [0.29, 0.717) is 5.92 Å². The van der Waals surface area contributed by atoms with E-state index in [2.05, 4.69) is 45.5 Å². The Kier molecular flexibility index (Phi) is 5.82. The van der Waals surface area contributed by atoms with Crippen molar-refractivity contribution in [2.24, 2.45) is 0 Å². The van der Waals surface area contributed by atoms with Gasteiger partial charge in [-0.05, 0) is 42.4 Å². The molecule has 0 amide bonds. The SMILES string of the molecule is C=CCCc1ccc(OCCC)c(C(C)C)c1. The summed E-state index contributed by atoms with van der Waals surface area (Å²) in [6.45, 7) is 11.1. The maximum absolute atomic E-state index is 5.79. The van der Waals surface area contributed by atoms with Crippen LogP contribution >= 0.6 is 0 Å². The summed E-state index contributed by atoms with van der Waals surface area (Å²) in [5.74, 6) is 1.55. The quantitative estimate of drug-likeness (QED) is 0.618. The summed E-state index contributed by atoms with van der Waals surface area (Å²) in [5, 5.41) is 0. The van der Waals surface area contributed by atoms with Gasteiger partial charge in [0.25, 0.3) is 0 Å². The third kappa shape index (κ3) is 4.26. The minimum atomic E-state index is 0.505. The van der Waals surface area contributed by atoms with E-state index in [1.54, 1.807) is 0 Å². The van der Waals surface area contributed by atoms with Crippen molar-refractivity contribution in [1.82, 2.24) is 0 Å². The molecule has 1 nitrogen and oxygen atoms in total. The molecule has 0 atom stereocenters. The van der Waals surface area contributed by atoms with Crippen LogP contribution < -0.4 is 4.74 Å². The monoisotopic (exact) mass is 232 g/mol. The van der Waals surface area contributed by atoms with Gasteiger partial charge in [-0.3, -0.25) is 0 Å². The highest BCUT2D eigenvalue weighted by atomic mass is 16.5. The lowest BCUT2D eigenvalue weighted by molar-refractivity contribution is 0.313. The highest BCUT2D eigenvalue weighted by molar-refractivity contribution is 5.39. The molecule has 1 heteroatoms. The van der Waals surface area contributed by atoms with Gasteiger partial charge in [-0.15, -0.1) is 6.58 Å². The number of hydrogen-bond donors (Lipinski definition) is 0. The van der Waals surface area contributed by atoms with Crippen LogP contribution in [0.5, 0.6) is 5.75 Å². The first-order valence-electron chi connectivity index (χ1n) is 6.55. The maximum Gasteiger partial charge on any atom is 0.122 e. The summed E-state index contributed by atoms with van der Waals surface area (Å²) in [6, 6.07) is 6.56. The number of rotatable bonds is 7. The predicted molar refractivity (Wildman–Crippen MR) is 74.8 cm³/mol. The molecule has 94 valence electrons. The summed E-state index contributed by atoms with van der Waals surface area (Å²) in [4.78, 5) is 0. The molecule has 0 aliphatic rings. The number of benzene rings is 1. The van der Waals surface area contributed by atoms with Crippen molar-refractivity contribution in [2.75, 3.05) is 6.61 Å². The summed E-state index contributed by atoms with van der Waals surface area (Å²) in [5.41, 5.74) is 2.69. The van der Waals surface area contributed by atoms with Crippen LogP contribution in [0.15, 0.2) is 30.9 Å². The second kappa shape index (κ2) is 7.16. The molecule has 1 aromatic rings. The molecule has 0 aliphatic carbocycles. The topological polar surface area (TPSA) is 9.23 Å². The molecule has 17 heavy (non-hydrogen) atoms. The zero-order chi connectivity index (χ0) is 12.7. The molecule has 0 spiro atoms. The number of ether oxygens (including phenoxy) is 1. The summed E-state index contributed by atoms with van der Waals surface area (Å²) in [6.07, 6.45) is 5.12. The van der Waals surface area contributed by atoms with E-state index in [1.165, 1.54) is 11.1 Å².